The molecule has 0 aromatic carbocycles. The highest BCUT2D eigenvalue weighted by molar-refractivity contribution is 4.99. The molecule has 1 fully saturated rings. The van der Waals surface area contributed by atoms with Crippen LogP contribution in [0.5, 0.6) is 0 Å². The van der Waals surface area contributed by atoms with Gasteiger partial charge in [0.1, 0.15) is 0 Å². The van der Waals surface area contributed by atoms with Crippen LogP contribution < -0.4 is 0 Å². The molecule has 0 aromatic rings. The summed E-state index contributed by atoms with van der Waals surface area (Å²) in [5.74, 6) is 3.15. The van der Waals surface area contributed by atoms with Crippen molar-refractivity contribution in [3.05, 3.63) is 0 Å². The Bertz CT molecular complexity index is 135. The number of unbranched alkanes of at least 4 members (excludes halogenated alkanes) is 1. The smallest absolute Gasteiger partial charge is 0.0261 e. The molecule has 0 spiro atoms. The fourth-order valence-electron chi connectivity index (χ4n) is 1.12. The molecule has 1 nitrogen and oxygen atoms in total. The van der Waals surface area contributed by atoms with Gasteiger partial charge in [0.15, 0.2) is 0 Å². The highest BCUT2D eigenvalue weighted by Gasteiger charge is 2.05. The van der Waals surface area contributed by atoms with Crippen LogP contribution in [-0.4, -0.2) is 18.0 Å². The highest BCUT2D eigenvalue weighted by atomic mass is 15.1. The van der Waals surface area contributed by atoms with Crippen molar-refractivity contribution in [2.45, 2.75) is 32.6 Å². The Hall–Kier alpha value is -0.640. The van der Waals surface area contributed by atoms with E-state index in [2.05, 4.69) is 23.8 Å². The molecule has 0 radical (unpaired) electrons. The van der Waals surface area contributed by atoms with E-state index in [0.717, 1.165) is 6.42 Å². The molecule has 0 bridgehead atoms. The van der Waals surface area contributed by atoms with Gasteiger partial charge < -0.3 is 4.90 Å². The van der Waals surface area contributed by atoms with Gasteiger partial charge in [0.25, 0.3) is 0 Å². The van der Waals surface area contributed by atoms with Gasteiger partial charge in [-0.2, -0.15) is 0 Å². The lowest BCUT2D eigenvalue weighted by atomic mass is 10.3. The lowest BCUT2D eigenvalue weighted by molar-refractivity contribution is 0.495. The Morgan fingerprint density at radius 3 is 2.60 bits per heavy atom. The van der Waals surface area contributed by atoms with Crippen LogP contribution in [0.1, 0.15) is 32.6 Å². The van der Waals surface area contributed by atoms with Crippen LogP contribution >= 0.6 is 0 Å². The summed E-state index contributed by atoms with van der Waals surface area (Å²) in [5.41, 5.74) is 0. The molecule has 10 heavy (non-hydrogen) atoms. The molecule has 0 aliphatic carbocycles. The number of rotatable bonds is 1. The van der Waals surface area contributed by atoms with E-state index in [-0.39, 0.29) is 0 Å². The van der Waals surface area contributed by atoms with Crippen molar-refractivity contribution in [1.82, 2.24) is 4.90 Å². The van der Waals surface area contributed by atoms with Crippen molar-refractivity contribution >= 4 is 0 Å². The van der Waals surface area contributed by atoms with E-state index in [9.17, 15) is 0 Å². The summed E-state index contributed by atoms with van der Waals surface area (Å²) in [6.07, 6.45) is 4.90. The first-order chi connectivity index (χ1) is 4.93. The zero-order valence-corrected chi connectivity index (χ0v) is 6.69. The van der Waals surface area contributed by atoms with Crippen molar-refractivity contribution in [2.24, 2.45) is 0 Å². The van der Waals surface area contributed by atoms with E-state index in [1.807, 2.05) is 0 Å². The zero-order valence-electron chi connectivity index (χ0n) is 6.69. The van der Waals surface area contributed by atoms with E-state index in [0.29, 0.717) is 0 Å². The molecule has 1 aliphatic heterocycles. The minimum Gasteiger partial charge on any atom is -0.333 e. The molecule has 0 N–H and O–H groups in total. The molecule has 1 aliphatic rings. The quantitative estimate of drug-likeness (QED) is 0.498. The zero-order chi connectivity index (χ0) is 7.23. The summed E-state index contributed by atoms with van der Waals surface area (Å²) in [6, 6.07) is 3.17. The summed E-state index contributed by atoms with van der Waals surface area (Å²) in [7, 11) is 0. The molecule has 0 saturated carbocycles. The number of hydrogen-bond donors (Lipinski definition) is 0. The summed E-state index contributed by atoms with van der Waals surface area (Å²) in [6.45, 7) is 4.55. The van der Waals surface area contributed by atoms with Crippen LogP contribution in [-0.2, 0) is 0 Å². The van der Waals surface area contributed by atoms with E-state index >= 15 is 0 Å². The van der Waals surface area contributed by atoms with E-state index < -0.39 is 0 Å². The summed E-state index contributed by atoms with van der Waals surface area (Å²) in [5, 5.41) is 0. The summed E-state index contributed by atoms with van der Waals surface area (Å²) >= 11 is 0. The van der Waals surface area contributed by atoms with Gasteiger partial charge in [0, 0.05) is 25.6 Å². The minimum atomic E-state index is 1.05. The second kappa shape index (κ2) is 4.22. The van der Waals surface area contributed by atoms with Gasteiger partial charge in [-0.1, -0.05) is 12.8 Å². The van der Waals surface area contributed by atoms with Crippen LogP contribution in [0.15, 0.2) is 0 Å². The monoisotopic (exact) mass is 137 g/mol. The summed E-state index contributed by atoms with van der Waals surface area (Å²) in [4.78, 5) is 2.23. The second-order valence-electron chi connectivity index (χ2n) is 2.73. The third kappa shape index (κ3) is 2.31. The first-order valence-electron chi connectivity index (χ1n) is 4.17. The highest BCUT2D eigenvalue weighted by Crippen LogP contribution is 2.04. The maximum absolute atomic E-state index is 3.17. The first kappa shape index (κ1) is 7.47. The van der Waals surface area contributed by atoms with Gasteiger partial charge in [-0.15, -0.1) is 0 Å². The second-order valence-corrected chi connectivity index (χ2v) is 2.73. The lowest BCUT2D eigenvalue weighted by Gasteiger charge is -2.04. The fourth-order valence-corrected chi connectivity index (χ4v) is 1.12. The molecule has 1 saturated heterocycles. The number of hydrogen-bond acceptors (Lipinski definition) is 1. The molecule has 0 aromatic heterocycles. The predicted octanol–water partition coefficient (Wildman–Crippen LogP) is 1.84. The SMILES string of the molecule is CCCC#CN1CCCC1. The van der Waals surface area contributed by atoms with Crippen LogP contribution in [0.3, 0.4) is 0 Å². The van der Waals surface area contributed by atoms with Gasteiger partial charge in [0.2, 0.25) is 0 Å². The van der Waals surface area contributed by atoms with Gasteiger partial charge in [0.05, 0.1) is 0 Å². The molecule has 0 amide bonds. The van der Waals surface area contributed by atoms with Gasteiger partial charge >= 0.3 is 0 Å². The third-order valence-electron chi connectivity index (χ3n) is 1.72. The van der Waals surface area contributed by atoms with Crippen LogP contribution in [0.25, 0.3) is 0 Å². The number of likely N-dealkylation sites (tertiary alicyclic amines) is 1. The Morgan fingerprint density at radius 1 is 1.30 bits per heavy atom. The van der Waals surface area contributed by atoms with Crippen molar-refractivity contribution in [3.63, 3.8) is 0 Å². The minimum absolute atomic E-state index is 1.05. The van der Waals surface area contributed by atoms with Gasteiger partial charge in [-0.25, -0.2) is 0 Å². The lowest BCUT2D eigenvalue weighted by Crippen LogP contribution is -2.10. The van der Waals surface area contributed by atoms with Crippen molar-refractivity contribution in [1.29, 1.82) is 0 Å². The van der Waals surface area contributed by atoms with E-state index in [1.165, 1.54) is 32.4 Å². The first-order valence-corrected chi connectivity index (χ1v) is 4.17. The fraction of sp³-hybridized carbons (Fsp3) is 0.778. The molecular formula is C9H15N. The van der Waals surface area contributed by atoms with Crippen LogP contribution in [0.2, 0.25) is 0 Å². The molecule has 56 valence electrons. The maximum Gasteiger partial charge on any atom is 0.0261 e. The Kier molecular flexibility index (Phi) is 3.15. The topological polar surface area (TPSA) is 3.24 Å². The number of nitrogens with zero attached hydrogens (tertiary/aromatic N) is 1. The Morgan fingerprint density at radius 2 is 2.00 bits per heavy atom. The van der Waals surface area contributed by atoms with Crippen LogP contribution in [0.4, 0.5) is 0 Å². The Labute approximate surface area is 63.4 Å². The standard InChI is InChI=1S/C9H15N/c1-2-3-4-7-10-8-5-6-9-10/h2-3,5-6,8-9H2,1H3. The van der Waals surface area contributed by atoms with Gasteiger partial charge in [-0.3, -0.25) is 0 Å². The average Bonchev–Trinajstić information content (AvgIpc) is 2.41. The normalized spacial score (nSPS) is 16.7. The summed E-state index contributed by atoms with van der Waals surface area (Å²) < 4.78 is 0. The van der Waals surface area contributed by atoms with Crippen molar-refractivity contribution in [3.8, 4) is 12.0 Å². The molecule has 1 rings (SSSR count). The van der Waals surface area contributed by atoms with E-state index in [4.69, 9.17) is 0 Å². The molecule has 1 heterocycles. The molecule has 0 unspecified atom stereocenters. The van der Waals surface area contributed by atoms with Crippen molar-refractivity contribution in [2.75, 3.05) is 13.1 Å². The van der Waals surface area contributed by atoms with Crippen LogP contribution in [0, 0.1) is 12.0 Å². The molecule has 0 atom stereocenters. The molecular weight excluding hydrogens is 122 g/mol. The predicted molar refractivity (Wildman–Crippen MR) is 43.5 cm³/mol. The maximum atomic E-state index is 3.17. The average molecular weight is 137 g/mol. The Balaban J connectivity index is 2.17. The van der Waals surface area contributed by atoms with Gasteiger partial charge in [-0.05, 0) is 19.3 Å². The molecule has 1 heteroatoms. The van der Waals surface area contributed by atoms with Crippen molar-refractivity contribution < 1.29 is 0 Å². The third-order valence-corrected chi connectivity index (χ3v) is 1.72. The van der Waals surface area contributed by atoms with E-state index in [1.54, 1.807) is 0 Å². The largest absolute Gasteiger partial charge is 0.333 e.